The summed E-state index contributed by atoms with van der Waals surface area (Å²) in [5, 5.41) is 3.84. The lowest BCUT2D eigenvalue weighted by Crippen LogP contribution is -2.07. The monoisotopic (exact) mass is 329 g/mol. The van der Waals surface area contributed by atoms with E-state index in [1.54, 1.807) is 36.4 Å². The Hall–Kier alpha value is -3.22. The molecule has 0 fully saturated rings. The van der Waals surface area contributed by atoms with E-state index in [0.717, 1.165) is 0 Å². The van der Waals surface area contributed by atoms with E-state index in [9.17, 15) is 4.79 Å². The third-order valence-electron chi connectivity index (χ3n) is 3.30. The minimum atomic E-state index is -0.531. The maximum Gasteiger partial charge on any atom is 0.342 e. The molecule has 1 aromatic carbocycles. The standard InChI is InChI=1S/C17H15NO6/c1-20-12-5-6-13(15(9-12)21-2)17(19)23-10-11-8-16(24-18-11)14-4-3-7-22-14/h3-9H,10H2,1-2H3. The number of ether oxygens (including phenoxy) is 3. The van der Waals surface area contributed by atoms with Crippen molar-refractivity contribution >= 4 is 5.97 Å². The molecular formula is C17H15NO6. The number of carbonyl (C=O) groups is 1. The Morgan fingerprint density at radius 2 is 2.00 bits per heavy atom. The van der Waals surface area contributed by atoms with Gasteiger partial charge in [-0.2, -0.15) is 0 Å². The first kappa shape index (κ1) is 15.7. The van der Waals surface area contributed by atoms with Gasteiger partial charge in [0.2, 0.25) is 5.76 Å². The topological polar surface area (TPSA) is 83.9 Å². The lowest BCUT2D eigenvalue weighted by atomic mass is 10.2. The second-order valence-electron chi connectivity index (χ2n) is 4.80. The van der Waals surface area contributed by atoms with Gasteiger partial charge in [-0.1, -0.05) is 5.16 Å². The molecule has 0 saturated heterocycles. The fourth-order valence-electron chi connectivity index (χ4n) is 2.10. The number of rotatable bonds is 6. The zero-order valence-electron chi connectivity index (χ0n) is 13.1. The smallest absolute Gasteiger partial charge is 0.342 e. The number of esters is 1. The molecule has 0 spiro atoms. The summed E-state index contributed by atoms with van der Waals surface area (Å²) in [5.41, 5.74) is 0.773. The number of furan rings is 1. The molecule has 2 heterocycles. The van der Waals surface area contributed by atoms with Crippen LogP contribution in [0.25, 0.3) is 11.5 Å². The number of nitrogens with zero attached hydrogens (tertiary/aromatic N) is 1. The molecule has 7 nitrogen and oxygen atoms in total. The molecule has 0 aliphatic carbocycles. The highest BCUT2D eigenvalue weighted by Gasteiger charge is 2.16. The highest BCUT2D eigenvalue weighted by molar-refractivity contribution is 5.92. The van der Waals surface area contributed by atoms with E-state index >= 15 is 0 Å². The van der Waals surface area contributed by atoms with E-state index in [4.69, 9.17) is 23.2 Å². The third-order valence-corrected chi connectivity index (χ3v) is 3.30. The van der Waals surface area contributed by atoms with Crippen molar-refractivity contribution in [2.24, 2.45) is 0 Å². The van der Waals surface area contributed by atoms with Gasteiger partial charge in [-0.15, -0.1) is 0 Å². The SMILES string of the molecule is COc1ccc(C(=O)OCc2cc(-c3ccco3)on2)c(OC)c1. The molecule has 3 aromatic rings. The van der Waals surface area contributed by atoms with Crippen LogP contribution in [0.15, 0.2) is 51.6 Å². The van der Waals surface area contributed by atoms with Crippen molar-refractivity contribution in [2.75, 3.05) is 14.2 Å². The van der Waals surface area contributed by atoms with Gasteiger partial charge in [0.25, 0.3) is 0 Å². The minimum Gasteiger partial charge on any atom is -0.497 e. The predicted octanol–water partition coefficient (Wildman–Crippen LogP) is 3.31. The van der Waals surface area contributed by atoms with Gasteiger partial charge in [0.05, 0.1) is 20.5 Å². The number of methoxy groups -OCH3 is 2. The summed E-state index contributed by atoms with van der Waals surface area (Å²) < 4.78 is 25.9. The van der Waals surface area contributed by atoms with Gasteiger partial charge in [-0.25, -0.2) is 4.79 Å². The number of benzene rings is 1. The van der Waals surface area contributed by atoms with E-state index in [0.29, 0.717) is 34.3 Å². The molecule has 0 aliphatic heterocycles. The van der Waals surface area contributed by atoms with Crippen LogP contribution in [0.3, 0.4) is 0 Å². The molecule has 3 rings (SSSR count). The van der Waals surface area contributed by atoms with Crippen LogP contribution in [0.4, 0.5) is 0 Å². The molecular weight excluding hydrogens is 314 g/mol. The molecule has 0 saturated carbocycles. The fourth-order valence-corrected chi connectivity index (χ4v) is 2.10. The normalized spacial score (nSPS) is 10.4. The Morgan fingerprint density at radius 1 is 1.12 bits per heavy atom. The molecule has 0 atom stereocenters. The second-order valence-corrected chi connectivity index (χ2v) is 4.80. The molecule has 0 bridgehead atoms. The molecule has 2 aromatic heterocycles. The zero-order chi connectivity index (χ0) is 16.9. The van der Waals surface area contributed by atoms with Crippen LogP contribution in [0.5, 0.6) is 11.5 Å². The van der Waals surface area contributed by atoms with E-state index in [2.05, 4.69) is 5.16 Å². The van der Waals surface area contributed by atoms with E-state index in [1.807, 2.05) is 0 Å². The van der Waals surface area contributed by atoms with Gasteiger partial charge in [0.1, 0.15) is 29.4 Å². The first-order chi connectivity index (χ1) is 11.7. The summed E-state index contributed by atoms with van der Waals surface area (Å²) in [6.45, 7) is -0.0295. The summed E-state index contributed by atoms with van der Waals surface area (Å²) in [6.07, 6.45) is 1.54. The first-order valence-corrected chi connectivity index (χ1v) is 7.10. The van der Waals surface area contributed by atoms with E-state index in [-0.39, 0.29) is 6.61 Å². The van der Waals surface area contributed by atoms with E-state index < -0.39 is 5.97 Å². The van der Waals surface area contributed by atoms with Gasteiger partial charge < -0.3 is 23.2 Å². The van der Waals surface area contributed by atoms with Crippen molar-refractivity contribution in [1.29, 1.82) is 0 Å². The average Bonchev–Trinajstić information content (AvgIpc) is 3.30. The van der Waals surface area contributed by atoms with Gasteiger partial charge in [0, 0.05) is 12.1 Å². The highest BCUT2D eigenvalue weighted by Crippen LogP contribution is 2.26. The van der Waals surface area contributed by atoms with Crippen LogP contribution < -0.4 is 9.47 Å². The Labute approximate surface area is 137 Å². The zero-order valence-corrected chi connectivity index (χ0v) is 13.1. The average molecular weight is 329 g/mol. The molecule has 7 heteroatoms. The molecule has 24 heavy (non-hydrogen) atoms. The van der Waals surface area contributed by atoms with Crippen molar-refractivity contribution in [1.82, 2.24) is 5.16 Å². The Morgan fingerprint density at radius 3 is 2.71 bits per heavy atom. The number of hydrogen-bond acceptors (Lipinski definition) is 7. The summed E-state index contributed by atoms with van der Waals surface area (Å²) >= 11 is 0. The Kier molecular flexibility index (Phi) is 4.51. The highest BCUT2D eigenvalue weighted by atomic mass is 16.5. The fraction of sp³-hybridized carbons (Fsp3) is 0.176. The summed E-state index contributed by atoms with van der Waals surface area (Å²) in [5.74, 6) is 1.45. The van der Waals surface area contributed by atoms with Crippen molar-refractivity contribution in [3.05, 3.63) is 53.9 Å². The summed E-state index contributed by atoms with van der Waals surface area (Å²) in [7, 11) is 3.01. The third kappa shape index (κ3) is 3.24. The predicted molar refractivity (Wildman–Crippen MR) is 82.9 cm³/mol. The van der Waals surface area contributed by atoms with Crippen molar-refractivity contribution in [3.63, 3.8) is 0 Å². The summed E-state index contributed by atoms with van der Waals surface area (Å²) in [4.78, 5) is 12.2. The second kappa shape index (κ2) is 6.91. The molecule has 0 radical (unpaired) electrons. The van der Waals surface area contributed by atoms with E-state index in [1.165, 1.54) is 20.5 Å². The molecule has 0 aliphatic rings. The van der Waals surface area contributed by atoms with Crippen LogP contribution >= 0.6 is 0 Å². The Balaban J connectivity index is 1.67. The van der Waals surface area contributed by atoms with Crippen molar-refractivity contribution in [2.45, 2.75) is 6.61 Å². The van der Waals surface area contributed by atoms with Crippen LogP contribution in [0.2, 0.25) is 0 Å². The van der Waals surface area contributed by atoms with Gasteiger partial charge in [-0.05, 0) is 24.3 Å². The van der Waals surface area contributed by atoms with Crippen LogP contribution in [-0.2, 0) is 11.3 Å². The molecule has 0 unspecified atom stereocenters. The molecule has 124 valence electrons. The van der Waals surface area contributed by atoms with Crippen LogP contribution in [0.1, 0.15) is 16.1 Å². The number of carbonyl (C=O) groups excluding carboxylic acids is 1. The van der Waals surface area contributed by atoms with Gasteiger partial charge in [0.15, 0.2) is 5.76 Å². The first-order valence-electron chi connectivity index (χ1n) is 7.10. The number of aromatic nitrogens is 1. The molecule has 0 amide bonds. The lowest BCUT2D eigenvalue weighted by Gasteiger charge is -2.09. The van der Waals surface area contributed by atoms with Gasteiger partial charge in [-0.3, -0.25) is 0 Å². The lowest BCUT2D eigenvalue weighted by molar-refractivity contribution is 0.0460. The summed E-state index contributed by atoms with van der Waals surface area (Å²) in [6, 6.07) is 9.99. The maximum absolute atomic E-state index is 12.2. The van der Waals surface area contributed by atoms with Gasteiger partial charge >= 0.3 is 5.97 Å². The number of hydrogen-bond donors (Lipinski definition) is 0. The Bertz CT molecular complexity index is 821. The van der Waals surface area contributed by atoms with Crippen LogP contribution in [0, 0.1) is 0 Å². The molecule has 0 N–H and O–H groups in total. The quantitative estimate of drug-likeness (QED) is 0.641. The maximum atomic E-state index is 12.2. The van der Waals surface area contributed by atoms with Crippen molar-refractivity contribution < 1.29 is 27.9 Å². The minimum absolute atomic E-state index is 0.0295. The van der Waals surface area contributed by atoms with Crippen LogP contribution in [-0.4, -0.2) is 25.3 Å². The van der Waals surface area contributed by atoms with Crippen molar-refractivity contribution in [3.8, 4) is 23.0 Å². The largest absolute Gasteiger partial charge is 0.497 e.